The fraction of sp³-hybridized carbons (Fsp3) is 0.875. The van der Waals surface area contributed by atoms with Crippen LogP contribution in [0, 0.1) is 5.92 Å². The Hall–Kier alpha value is 0.961. The Kier molecular flexibility index (Phi) is 7.06. The summed E-state index contributed by atoms with van der Waals surface area (Å²) in [5.41, 5.74) is 0. The molecule has 15 heavy (non-hydrogen) atoms. The van der Waals surface area contributed by atoms with Crippen LogP contribution in [0.5, 0.6) is 0 Å². The molecule has 1 rings (SSSR count). The van der Waals surface area contributed by atoms with Crippen molar-refractivity contribution in [1.82, 2.24) is 4.90 Å². The van der Waals surface area contributed by atoms with Crippen molar-refractivity contribution in [2.24, 2.45) is 5.92 Å². The molecular weight excluding hydrogens is 233 g/mol. The van der Waals surface area contributed by atoms with E-state index < -0.39 is 19.2 Å². The minimum atomic E-state index is -4.74. The number of carbonyl (C=O) groups excluding carboxylic acids is 1. The van der Waals surface area contributed by atoms with Gasteiger partial charge in [-0.1, -0.05) is 12.2 Å². The molecule has 1 aliphatic heterocycles. The molecule has 0 saturated carbocycles. The van der Waals surface area contributed by atoms with Crippen LogP contribution in [-0.2, 0) is 4.79 Å². The number of hydrogen-bond acceptors (Lipinski definition) is 1. The number of hydrogen-bond donors (Lipinski definition) is 0. The van der Waals surface area contributed by atoms with E-state index in [9.17, 15) is 17.7 Å². The zero-order valence-corrected chi connectivity index (χ0v) is 12.3. The summed E-state index contributed by atoms with van der Waals surface area (Å²) in [6.07, 6.45) is -0.209. The minimum absolute atomic E-state index is 0. The van der Waals surface area contributed by atoms with E-state index in [0.29, 0.717) is 19.5 Å². The molecule has 1 unspecified atom stereocenters. The van der Waals surface area contributed by atoms with Gasteiger partial charge in [-0.2, -0.15) is 0 Å². The molecule has 0 N–H and O–H groups in total. The molecule has 2 nitrogen and oxygen atoms in total. The number of nitrogens with zero attached hydrogens (tertiary/aromatic N) is 1. The second kappa shape index (κ2) is 6.64. The van der Waals surface area contributed by atoms with Gasteiger partial charge in [-0.3, -0.25) is 4.79 Å². The Morgan fingerprint density at radius 3 is 2.47 bits per heavy atom. The zero-order chi connectivity index (χ0) is 10.8. The molecule has 0 aromatic carbocycles. The first-order valence-corrected chi connectivity index (χ1v) is 4.91. The van der Waals surface area contributed by atoms with E-state index in [0.717, 1.165) is 0 Å². The normalized spacial score (nSPS) is 22.5. The molecule has 1 heterocycles. The van der Waals surface area contributed by atoms with Crippen LogP contribution in [0.15, 0.2) is 0 Å². The van der Waals surface area contributed by atoms with Crippen LogP contribution in [0.3, 0.4) is 0 Å². The largest absolute Gasteiger partial charge is 1.00 e. The molecule has 0 aliphatic carbocycles. The van der Waals surface area contributed by atoms with Crippen molar-refractivity contribution in [3.05, 3.63) is 0 Å². The van der Waals surface area contributed by atoms with E-state index in [2.05, 4.69) is 0 Å². The molecule has 1 saturated heterocycles. The maximum atomic E-state index is 12.1. The third kappa shape index (κ3) is 5.72. The molecule has 1 amide bonds. The molecule has 0 aromatic rings. The minimum Gasteiger partial charge on any atom is -0.449 e. The average Bonchev–Trinajstić information content (AvgIpc) is 2.01. The predicted molar refractivity (Wildman–Crippen MR) is 48.9 cm³/mol. The summed E-state index contributed by atoms with van der Waals surface area (Å²) < 4.78 is 36.3. The fourth-order valence-electron chi connectivity index (χ4n) is 1.85. The SMILES string of the molecule is CCN1CCC(C[B-](F)(F)F)CC1=O.[K+]. The van der Waals surface area contributed by atoms with E-state index in [4.69, 9.17) is 0 Å². The van der Waals surface area contributed by atoms with Crippen molar-refractivity contribution >= 4 is 12.9 Å². The van der Waals surface area contributed by atoms with E-state index in [1.54, 1.807) is 4.90 Å². The van der Waals surface area contributed by atoms with Crippen LogP contribution < -0.4 is 51.4 Å². The second-order valence-corrected chi connectivity index (χ2v) is 3.78. The summed E-state index contributed by atoms with van der Waals surface area (Å²) in [6, 6.07) is 0. The van der Waals surface area contributed by atoms with Gasteiger partial charge < -0.3 is 17.8 Å². The molecule has 0 radical (unpaired) electrons. The monoisotopic (exact) mass is 247 g/mol. The topological polar surface area (TPSA) is 20.3 Å². The van der Waals surface area contributed by atoms with Crippen molar-refractivity contribution < 1.29 is 69.1 Å². The Morgan fingerprint density at radius 2 is 2.07 bits per heavy atom. The third-order valence-corrected chi connectivity index (χ3v) is 2.61. The molecule has 82 valence electrons. The Morgan fingerprint density at radius 1 is 1.47 bits per heavy atom. The number of carbonyl (C=O) groups is 1. The Balaban J connectivity index is 0.00000196. The van der Waals surface area contributed by atoms with E-state index >= 15 is 0 Å². The summed E-state index contributed by atoms with van der Waals surface area (Å²) in [7, 11) is 0. The van der Waals surface area contributed by atoms with Gasteiger partial charge in [0.25, 0.3) is 0 Å². The van der Waals surface area contributed by atoms with Gasteiger partial charge in [0, 0.05) is 19.5 Å². The number of likely N-dealkylation sites (tertiary alicyclic amines) is 1. The first-order valence-electron chi connectivity index (χ1n) is 4.91. The second-order valence-electron chi connectivity index (χ2n) is 3.78. The van der Waals surface area contributed by atoms with Gasteiger partial charge in [-0.05, 0) is 13.3 Å². The van der Waals surface area contributed by atoms with Crippen molar-refractivity contribution in [3.8, 4) is 0 Å². The summed E-state index contributed by atoms with van der Waals surface area (Å²) in [5.74, 6) is -0.617. The molecule has 0 spiro atoms. The smallest absolute Gasteiger partial charge is 0.449 e. The molecule has 1 fully saturated rings. The van der Waals surface area contributed by atoms with Crippen molar-refractivity contribution in [2.75, 3.05) is 13.1 Å². The van der Waals surface area contributed by atoms with Crippen molar-refractivity contribution in [1.29, 1.82) is 0 Å². The van der Waals surface area contributed by atoms with E-state index in [1.807, 2.05) is 6.92 Å². The van der Waals surface area contributed by atoms with Crippen LogP contribution in [0.25, 0.3) is 0 Å². The summed E-state index contributed by atoms with van der Waals surface area (Å²) in [5, 5.41) is 0. The number of piperidine rings is 1. The van der Waals surface area contributed by atoms with Crippen molar-refractivity contribution in [3.63, 3.8) is 0 Å². The third-order valence-electron chi connectivity index (χ3n) is 2.61. The van der Waals surface area contributed by atoms with E-state index in [-0.39, 0.29) is 63.7 Å². The molecule has 7 heteroatoms. The Bertz CT molecular complexity index is 224. The average molecular weight is 247 g/mol. The predicted octanol–water partition coefficient (Wildman–Crippen LogP) is -0.904. The molecule has 0 aromatic heterocycles. The Labute approximate surface area is 130 Å². The van der Waals surface area contributed by atoms with Crippen LogP contribution in [0.2, 0.25) is 6.32 Å². The summed E-state index contributed by atoms with van der Waals surface area (Å²) in [6.45, 7) is -1.82. The van der Waals surface area contributed by atoms with Crippen LogP contribution in [-0.4, -0.2) is 30.9 Å². The zero-order valence-electron chi connectivity index (χ0n) is 9.18. The summed E-state index contributed by atoms with van der Waals surface area (Å²) >= 11 is 0. The maximum absolute atomic E-state index is 12.1. The molecular formula is C8H14BF3KNO. The van der Waals surface area contributed by atoms with E-state index in [1.165, 1.54) is 0 Å². The van der Waals surface area contributed by atoms with Crippen LogP contribution in [0.4, 0.5) is 12.9 Å². The van der Waals surface area contributed by atoms with Crippen molar-refractivity contribution in [2.45, 2.75) is 26.1 Å². The standard InChI is InChI=1S/C8H14BF3NO.K/c1-2-13-4-3-7(5-8(13)14)6-9(10,11)12;/h7H,2-6H2,1H3;/q-1;+1. The summed E-state index contributed by atoms with van der Waals surface area (Å²) in [4.78, 5) is 12.9. The number of amides is 1. The molecule has 1 aliphatic rings. The van der Waals surface area contributed by atoms with Gasteiger partial charge in [0.2, 0.25) is 5.91 Å². The first kappa shape index (κ1) is 16.0. The number of rotatable bonds is 3. The van der Waals surface area contributed by atoms with Gasteiger partial charge in [-0.25, -0.2) is 0 Å². The molecule has 0 bridgehead atoms. The van der Waals surface area contributed by atoms with Gasteiger partial charge >= 0.3 is 58.4 Å². The number of halogens is 3. The quantitative estimate of drug-likeness (QED) is 0.592. The van der Waals surface area contributed by atoms with Gasteiger partial charge in [0.05, 0.1) is 0 Å². The molecule has 1 atom stereocenters. The maximum Gasteiger partial charge on any atom is 1.00 e. The van der Waals surface area contributed by atoms with Gasteiger partial charge in [-0.15, -0.1) is 0 Å². The van der Waals surface area contributed by atoms with Crippen LogP contribution >= 0.6 is 0 Å². The van der Waals surface area contributed by atoms with Crippen LogP contribution in [0.1, 0.15) is 19.8 Å². The first-order chi connectivity index (χ1) is 6.42. The van der Waals surface area contributed by atoms with Gasteiger partial charge in [0.15, 0.2) is 0 Å². The van der Waals surface area contributed by atoms with Gasteiger partial charge in [0.1, 0.15) is 0 Å². The fourth-order valence-corrected chi connectivity index (χ4v) is 1.85.